The van der Waals surface area contributed by atoms with E-state index >= 15 is 0 Å². The quantitative estimate of drug-likeness (QED) is 0.824. The summed E-state index contributed by atoms with van der Waals surface area (Å²) in [4.78, 5) is 15.2. The van der Waals surface area contributed by atoms with Gasteiger partial charge < -0.3 is 15.6 Å². The topological polar surface area (TPSA) is 94.0 Å². The lowest BCUT2D eigenvalue weighted by Gasteiger charge is -2.03. The minimum absolute atomic E-state index is 0.0792. The first-order chi connectivity index (χ1) is 8.52. The van der Waals surface area contributed by atoms with Gasteiger partial charge in [-0.25, -0.2) is 0 Å². The molecule has 2 rings (SSSR count). The van der Waals surface area contributed by atoms with Gasteiger partial charge in [-0.15, -0.1) is 0 Å². The second-order valence-corrected chi connectivity index (χ2v) is 4.19. The maximum Gasteiger partial charge on any atom is 0.292 e. The van der Waals surface area contributed by atoms with Gasteiger partial charge in [-0.3, -0.25) is 4.79 Å². The molecule has 0 fully saturated rings. The number of benzene rings is 1. The van der Waals surface area contributed by atoms with Crippen LogP contribution in [-0.2, 0) is 0 Å². The van der Waals surface area contributed by atoms with Crippen molar-refractivity contribution in [2.45, 2.75) is 0 Å². The van der Waals surface area contributed by atoms with Gasteiger partial charge in [0.15, 0.2) is 0 Å². The summed E-state index contributed by atoms with van der Waals surface area (Å²) in [5.74, 6) is -0.477. The third-order valence-electron chi connectivity index (χ3n) is 2.18. The highest BCUT2D eigenvalue weighted by Crippen LogP contribution is 2.33. The SMILES string of the molecule is CNC(=O)c1noc(-c2cc(Cl)cc(Cl)c2N)n1. The Balaban J connectivity index is 2.49. The van der Waals surface area contributed by atoms with Crippen molar-refractivity contribution in [3.63, 3.8) is 0 Å². The molecule has 0 bridgehead atoms. The first kappa shape index (κ1) is 12.7. The van der Waals surface area contributed by atoms with Crippen molar-refractivity contribution >= 4 is 34.8 Å². The Morgan fingerprint density at radius 3 is 2.83 bits per heavy atom. The van der Waals surface area contributed by atoms with Crippen LogP contribution in [0.2, 0.25) is 10.0 Å². The summed E-state index contributed by atoms with van der Waals surface area (Å²) in [7, 11) is 1.46. The predicted molar refractivity (Wildman–Crippen MR) is 67.6 cm³/mol. The van der Waals surface area contributed by atoms with E-state index in [-0.39, 0.29) is 22.4 Å². The minimum atomic E-state index is -0.461. The Morgan fingerprint density at radius 2 is 2.17 bits per heavy atom. The Hall–Kier alpha value is -1.79. The first-order valence-corrected chi connectivity index (χ1v) is 5.59. The van der Waals surface area contributed by atoms with Gasteiger partial charge in [0.2, 0.25) is 0 Å². The fourth-order valence-corrected chi connectivity index (χ4v) is 1.79. The number of carbonyl (C=O) groups excluding carboxylic acids is 1. The normalized spacial score (nSPS) is 10.4. The van der Waals surface area contributed by atoms with Crippen molar-refractivity contribution in [3.8, 4) is 11.5 Å². The summed E-state index contributed by atoms with van der Waals surface area (Å²) in [5, 5.41) is 6.55. The van der Waals surface area contributed by atoms with Crippen LogP contribution in [0.4, 0.5) is 5.69 Å². The van der Waals surface area contributed by atoms with Crippen molar-refractivity contribution in [3.05, 3.63) is 28.0 Å². The third kappa shape index (κ3) is 2.25. The number of amides is 1. The van der Waals surface area contributed by atoms with Crippen LogP contribution in [0.1, 0.15) is 10.6 Å². The summed E-state index contributed by atoms with van der Waals surface area (Å²) >= 11 is 11.7. The zero-order valence-corrected chi connectivity index (χ0v) is 10.7. The van der Waals surface area contributed by atoms with E-state index in [1.165, 1.54) is 19.2 Å². The molecule has 0 saturated carbocycles. The maximum atomic E-state index is 11.3. The molecule has 0 spiro atoms. The molecule has 0 atom stereocenters. The monoisotopic (exact) mass is 286 g/mol. The molecule has 18 heavy (non-hydrogen) atoms. The summed E-state index contributed by atoms with van der Waals surface area (Å²) in [6.07, 6.45) is 0. The van der Waals surface area contributed by atoms with Gasteiger partial charge in [-0.05, 0) is 12.1 Å². The molecule has 2 aromatic rings. The average Bonchev–Trinajstić information content (AvgIpc) is 2.82. The van der Waals surface area contributed by atoms with E-state index in [9.17, 15) is 4.79 Å². The molecule has 0 aliphatic carbocycles. The van der Waals surface area contributed by atoms with E-state index in [2.05, 4.69) is 15.5 Å². The van der Waals surface area contributed by atoms with Crippen molar-refractivity contribution in [1.82, 2.24) is 15.5 Å². The van der Waals surface area contributed by atoms with Gasteiger partial charge >= 0.3 is 0 Å². The highest BCUT2D eigenvalue weighted by molar-refractivity contribution is 6.37. The largest absolute Gasteiger partial charge is 0.397 e. The summed E-state index contributed by atoms with van der Waals surface area (Å²) < 4.78 is 4.95. The van der Waals surface area contributed by atoms with Crippen LogP contribution >= 0.6 is 23.2 Å². The highest BCUT2D eigenvalue weighted by Gasteiger charge is 2.17. The first-order valence-electron chi connectivity index (χ1n) is 4.83. The van der Waals surface area contributed by atoms with E-state index < -0.39 is 5.91 Å². The molecule has 1 heterocycles. The van der Waals surface area contributed by atoms with Crippen molar-refractivity contribution in [1.29, 1.82) is 0 Å². The fraction of sp³-hybridized carbons (Fsp3) is 0.100. The number of nitrogen functional groups attached to an aromatic ring is 1. The second-order valence-electron chi connectivity index (χ2n) is 3.35. The zero-order chi connectivity index (χ0) is 13.3. The van der Waals surface area contributed by atoms with Crippen LogP contribution < -0.4 is 11.1 Å². The van der Waals surface area contributed by atoms with E-state index in [1.54, 1.807) is 0 Å². The number of hydrogen-bond donors (Lipinski definition) is 2. The molecule has 1 aromatic carbocycles. The van der Waals surface area contributed by atoms with Gasteiger partial charge in [0.1, 0.15) is 0 Å². The standard InChI is InChI=1S/C10H8Cl2N4O2/c1-14-9(17)8-15-10(18-16-8)5-2-4(11)3-6(12)7(5)13/h2-3H,13H2,1H3,(H,14,17). The smallest absolute Gasteiger partial charge is 0.292 e. The van der Waals surface area contributed by atoms with Crippen LogP contribution in [0.25, 0.3) is 11.5 Å². The maximum absolute atomic E-state index is 11.3. The van der Waals surface area contributed by atoms with Crippen LogP contribution in [0.15, 0.2) is 16.7 Å². The minimum Gasteiger partial charge on any atom is -0.397 e. The molecule has 3 N–H and O–H groups in total. The van der Waals surface area contributed by atoms with Gasteiger partial charge in [0.25, 0.3) is 17.6 Å². The molecule has 0 saturated heterocycles. The van der Waals surface area contributed by atoms with Crippen molar-refractivity contribution in [2.75, 3.05) is 12.8 Å². The Morgan fingerprint density at radius 1 is 1.44 bits per heavy atom. The number of nitrogens with zero attached hydrogens (tertiary/aromatic N) is 2. The fourth-order valence-electron chi connectivity index (χ4n) is 1.30. The lowest BCUT2D eigenvalue weighted by Crippen LogP contribution is -2.19. The van der Waals surface area contributed by atoms with E-state index in [1.807, 2.05) is 0 Å². The lowest BCUT2D eigenvalue weighted by atomic mass is 10.2. The zero-order valence-electron chi connectivity index (χ0n) is 9.20. The lowest BCUT2D eigenvalue weighted by molar-refractivity contribution is 0.0950. The molecule has 0 unspecified atom stereocenters. The molecular formula is C10H8Cl2N4O2. The molecule has 0 aliphatic rings. The van der Waals surface area contributed by atoms with E-state index in [0.717, 1.165) is 0 Å². The number of rotatable bonds is 2. The van der Waals surface area contributed by atoms with Crippen LogP contribution in [0.3, 0.4) is 0 Å². The summed E-state index contributed by atoms with van der Waals surface area (Å²) in [6, 6.07) is 3.03. The summed E-state index contributed by atoms with van der Waals surface area (Å²) in [6.45, 7) is 0. The Labute approximate surface area is 112 Å². The van der Waals surface area contributed by atoms with Gasteiger partial charge in [0, 0.05) is 12.1 Å². The van der Waals surface area contributed by atoms with Gasteiger partial charge in [-0.2, -0.15) is 4.98 Å². The molecule has 6 nitrogen and oxygen atoms in total. The van der Waals surface area contributed by atoms with Crippen molar-refractivity contribution in [2.24, 2.45) is 0 Å². The van der Waals surface area contributed by atoms with Crippen LogP contribution in [-0.4, -0.2) is 23.1 Å². The van der Waals surface area contributed by atoms with Gasteiger partial charge in [-0.1, -0.05) is 28.4 Å². The molecule has 94 valence electrons. The molecule has 0 radical (unpaired) electrons. The van der Waals surface area contributed by atoms with E-state index in [0.29, 0.717) is 10.6 Å². The second kappa shape index (κ2) is 4.83. The number of halogens is 2. The molecular weight excluding hydrogens is 279 g/mol. The molecule has 0 aliphatic heterocycles. The predicted octanol–water partition coefficient (Wildman–Crippen LogP) is 1.99. The van der Waals surface area contributed by atoms with Crippen LogP contribution in [0, 0.1) is 0 Å². The van der Waals surface area contributed by atoms with Gasteiger partial charge in [0.05, 0.1) is 16.3 Å². The number of carbonyl (C=O) groups is 1. The number of hydrogen-bond acceptors (Lipinski definition) is 5. The number of nitrogens with one attached hydrogen (secondary N) is 1. The number of nitrogens with two attached hydrogens (primary N) is 1. The molecule has 8 heteroatoms. The van der Waals surface area contributed by atoms with Crippen molar-refractivity contribution < 1.29 is 9.32 Å². The number of aromatic nitrogens is 2. The van der Waals surface area contributed by atoms with E-state index in [4.69, 9.17) is 33.5 Å². The average molecular weight is 287 g/mol. The summed E-state index contributed by atoms with van der Waals surface area (Å²) in [5.41, 5.74) is 6.42. The Bertz CT molecular complexity index is 612. The van der Waals surface area contributed by atoms with Crippen LogP contribution in [0.5, 0.6) is 0 Å². The Kier molecular flexibility index (Phi) is 3.40. The third-order valence-corrected chi connectivity index (χ3v) is 2.71. The molecule has 1 amide bonds. The highest BCUT2D eigenvalue weighted by atomic mass is 35.5. The molecule has 1 aromatic heterocycles. The number of anilines is 1.